The predicted molar refractivity (Wildman–Crippen MR) is 105 cm³/mol. The molecule has 0 saturated heterocycles. The quantitative estimate of drug-likeness (QED) is 0.584. The van der Waals surface area contributed by atoms with Gasteiger partial charge in [-0.05, 0) is 55.7 Å². The van der Waals surface area contributed by atoms with Gasteiger partial charge in [0.15, 0.2) is 12.4 Å². The third kappa shape index (κ3) is 6.06. The third-order valence-electron chi connectivity index (χ3n) is 4.03. The van der Waals surface area contributed by atoms with E-state index in [1.165, 1.54) is 0 Å². The SMILES string of the molecule is Cc1ccc(C)c(C(=O)OCC(=O)c2ccc(NC(=O)CC(C)C)cc2)c1. The molecule has 1 amide bonds. The van der Waals surface area contributed by atoms with Gasteiger partial charge in [-0.25, -0.2) is 4.79 Å². The number of aryl methyl sites for hydroxylation is 2. The summed E-state index contributed by atoms with van der Waals surface area (Å²) in [4.78, 5) is 36.2. The van der Waals surface area contributed by atoms with E-state index in [0.29, 0.717) is 23.2 Å². The maximum Gasteiger partial charge on any atom is 0.338 e. The molecule has 5 heteroatoms. The Kier molecular flexibility index (Phi) is 6.88. The number of hydrogen-bond donors (Lipinski definition) is 1. The minimum absolute atomic E-state index is 0.0634. The molecular formula is C22H25NO4. The first-order valence-electron chi connectivity index (χ1n) is 8.93. The summed E-state index contributed by atoms with van der Waals surface area (Å²) >= 11 is 0. The Morgan fingerprint density at radius 3 is 2.30 bits per heavy atom. The maximum atomic E-state index is 12.2. The van der Waals surface area contributed by atoms with E-state index < -0.39 is 5.97 Å². The van der Waals surface area contributed by atoms with Gasteiger partial charge in [0.05, 0.1) is 5.56 Å². The summed E-state index contributed by atoms with van der Waals surface area (Å²) in [5.74, 6) is -0.597. The topological polar surface area (TPSA) is 72.5 Å². The second-order valence-electron chi connectivity index (χ2n) is 7.04. The maximum absolute atomic E-state index is 12.2. The van der Waals surface area contributed by atoms with Crippen molar-refractivity contribution in [2.24, 2.45) is 5.92 Å². The molecule has 0 aromatic heterocycles. The lowest BCUT2D eigenvalue weighted by Gasteiger charge is -2.09. The molecule has 142 valence electrons. The van der Waals surface area contributed by atoms with Gasteiger partial charge in [0.25, 0.3) is 0 Å². The number of hydrogen-bond acceptors (Lipinski definition) is 4. The monoisotopic (exact) mass is 367 g/mol. The summed E-state index contributed by atoms with van der Waals surface area (Å²) in [6.45, 7) is 7.33. The molecule has 0 aliphatic rings. The number of carbonyl (C=O) groups excluding carboxylic acids is 3. The lowest BCUT2D eigenvalue weighted by molar-refractivity contribution is -0.116. The van der Waals surface area contributed by atoms with Gasteiger partial charge in [-0.3, -0.25) is 9.59 Å². The first kappa shape index (κ1) is 20.4. The van der Waals surface area contributed by atoms with Crippen molar-refractivity contribution in [1.82, 2.24) is 0 Å². The van der Waals surface area contributed by atoms with E-state index in [9.17, 15) is 14.4 Å². The van der Waals surface area contributed by atoms with Crippen LogP contribution >= 0.6 is 0 Å². The van der Waals surface area contributed by atoms with Crippen molar-refractivity contribution in [3.63, 3.8) is 0 Å². The number of anilines is 1. The van der Waals surface area contributed by atoms with Crippen molar-refractivity contribution >= 4 is 23.3 Å². The van der Waals surface area contributed by atoms with Crippen LogP contribution in [0.3, 0.4) is 0 Å². The van der Waals surface area contributed by atoms with Crippen LogP contribution in [0.1, 0.15) is 52.1 Å². The molecule has 1 N–H and O–H groups in total. The Morgan fingerprint density at radius 2 is 1.67 bits per heavy atom. The van der Waals surface area contributed by atoms with Gasteiger partial charge in [-0.15, -0.1) is 0 Å². The molecule has 2 aromatic rings. The number of nitrogens with one attached hydrogen (secondary N) is 1. The molecule has 0 unspecified atom stereocenters. The first-order valence-corrected chi connectivity index (χ1v) is 8.93. The summed E-state index contributed by atoms with van der Waals surface area (Å²) in [6, 6.07) is 12.1. The largest absolute Gasteiger partial charge is 0.454 e. The van der Waals surface area contributed by atoms with Crippen LogP contribution in [0.2, 0.25) is 0 Å². The van der Waals surface area contributed by atoms with Crippen molar-refractivity contribution in [2.45, 2.75) is 34.1 Å². The molecule has 0 fully saturated rings. The van der Waals surface area contributed by atoms with Crippen LogP contribution in [0, 0.1) is 19.8 Å². The minimum atomic E-state index is -0.512. The highest BCUT2D eigenvalue weighted by Gasteiger charge is 2.14. The molecule has 0 heterocycles. The van der Waals surface area contributed by atoms with Crippen molar-refractivity contribution in [3.05, 3.63) is 64.7 Å². The van der Waals surface area contributed by atoms with Gasteiger partial charge in [-0.2, -0.15) is 0 Å². The minimum Gasteiger partial charge on any atom is -0.454 e. The van der Waals surface area contributed by atoms with Crippen LogP contribution in [0.15, 0.2) is 42.5 Å². The standard InChI is InChI=1S/C22H25NO4/c1-14(2)11-21(25)23-18-9-7-17(8-10-18)20(24)13-27-22(26)19-12-15(3)5-6-16(19)4/h5-10,12,14H,11,13H2,1-4H3,(H,23,25). The highest BCUT2D eigenvalue weighted by molar-refractivity contribution is 6.00. The number of carbonyl (C=O) groups is 3. The van der Waals surface area contributed by atoms with Crippen LogP contribution in [0.25, 0.3) is 0 Å². The van der Waals surface area contributed by atoms with Gasteiger partial charge in [-0.1, -0.05) is 31.5 Å². The van der Waals surface area contributed by atoms with E-state index in [1.807, 2.05) is 39.8 Å². The number of ether oxygens (including phenoxy) is 1. The molecule has 27 heavy (non-hydrogen) atoms. The molecule has 0 radical (unpaired) electrons. The zero-order valence-corrected chi connectivity index (χ0v) is 16.2. The van der Waals surface area contributed by atoms with Crippen LogP contribution in [0.4, 0.5) is 5.69 Å². The van der Waals surface area contributed by atoms with Gasteiger partial charge >= 0.3 is 5.97 Å². The van der Waals surface area contributed by atoms with Gasteiger partial charge in [0.1, 0.15) is 0 Å². The van der Waals surface area contributed by atoms with E-state index in [2.05, 4.69) is 5.32 Å². The van der Waals surface area contributed by atoms with Crippen LogP contribution in [0.5, 0.6) is 0 Å². The predicted octanol–water partition coefficient (Wildman–Crippen LogP) is 4.33. The first-order chi connectivity index (χ1) is 12.8. The number of amides is 1. The Morgan fingerprint density at radius 1 is 1.00 bits per heavy atom. The lowest BCUT2D eigenvalue weighted by atomic mass is 10.1. The second kappa shape index (κ2) is 9.12. The summed E-state index contributed by atoms with van der Waals surface area (Å²) in [7, 11) is 0. The summed E-state index contributed by atoms with van der Waals surface area (Å²) in [5.41, 5.74) is 3.27. The van der Waals surface area contributed by atoms with Crippen LogP contribution in [-0.2, 0) is 9.53 Å². The molecule has 5 nitrogen and oxygen atoms in total. The summed E-state index contributed by atoms with van der Waals surface area (Å²) in [6.07, 6.45) is 0.439. The average molecular weight is 367 g/mol. The number of ketones is 1. The number of esters is 1. The Labute approximate surface area is 159 Å². The molecule has 0 bridgehead atoms. The van der Waals surface area contributed by atoms with E-state index in [-0.39, 0.29) is 24.2 Å². The molecule has 0 saturated carbocycles. The number of benzene rings is 2. The fourth-order valence-corrected chi connectivity index (χ4v) is 2.57. The average Bonchev–Trinajstić information content (AvgIpc) is 2.61. The zero-order valence-electron chi connectivity index (χ0n) is 16.2. The van der Waals surface area contributed by atoms with Gasteiger partial charge in [0.2, 0.25) is 5.91 Å². The lowest BCUT2D eigenvalue weighted by Crippen LogP contribution is -2.16. The number of Topliss-reactive ketones (excluding diaryl/α,β-unsaturated/α-hetero) is 1. The third-order valence-corrected chi connectivity index (χ3v) is 4.03. The Bertz CT molecular complexity index is 838. The van der Waals surface area contributed by atoms with E-state index in [4.69, 9.17) is 4.74 Å². The summed E-state index contributed by atoms with van der Waals surface area (Å²) < 4.78 is 5.16. The second-order valence-corrected chi connectivity index (χ2v) is 7.04. The van der Waals surface area contributed by atoms with Crippen molar-refractivity contribution in [1.29, 1.82) is 0 Å². The number of rotatable bonds is 7. The summed E-state index contributed by atoms with van der Waals surface area (Å²) in [5, 5.41) is 2.79. The van der Waals surface area contributed by atoms with Gasteiger partial charge in [0, 0.05) is 17.7 Å². The smallest absolute Gasteiger partial charge is 0.338 e. The van der Waals surface area contributed by atoms with Gasteiger partial charge < -0.3 is 10.1 Å². The molecule has 0 aliphatic carbocycles. The Hall–Kier alpha value is -2.95. The highest BCUT2D eigenvalue weighted by Crippen LogP contribution is 2.14. The molecule has 2 aromatic carbocycles. The zero-order chi connectivity index (χ0) is 20.0. The van der Waals surface area contributed by atoms with Crippen molar-refractivity contribution in [2.75, 3.05) is 11.9 Å². The van der Waals surface area contributed by atoms with Crippen LogP contribution in [-0.4, -0.2) is 24.3 Å². The molecule has 0 atom stereocenters. The molecule has 0 spiro atoms. The molecular weight excluding hydrogens is 342 g/mol. The van der Waals surface area contributed by atoms with E-state index in [0.717, 1.165) is 11.1 Å². The van der Waals surface area contributed by atoms with E-state index >= 15 is 0 Å². The van der Waals surface area contributed by atoms with E-state index in [1.54, 1.807) is 30.3 Å². The highest BCUT2D eigenvalue weighted by atomic mass is 16.5. The molecule has 0 aliphatic heterocycles. The fraction of sp³-hybridized carbons (Fsp3) is 0.318. The molecule has 2 rings (SSSR count). The normalized spacial score (nSPS) is 10.6. The van der Waals surface area contributed by atoms with Crippen molar-refractivity contribution < 1.29 is 19.1 Å². The fourth-order valence-electron chi connectivity index (χ4n) is 2.57. The van der Waals surface area contributed by atoms with Crippen molar-refractivity contribution in [3.8, 4) is 0 Å². The van der Waals surface area contributed by atoms with Crippen LogP contribution < -0.4 is 5.32 Å². The Balaban J connectivity index is 1.93.